The van der Waals surface area contributed by atoms with E-state index in [1.807, 2.05) is 11.8 Å². The van der Waals surface area contributed by atoms with Crippen molar-refractivity contribution in [3.8, 4) is 0 Å². The van der Waals surface area contributed by atoms with Crippen molar-refractivity contribution in [2.24, 2.45) is 17.1 Å². The molecular weight excluding hydrogens is 248 g/mol. The predicted molar refractivity (Wildman–Crippen MR) is 74.2 cm³/mol. The summed E-state index contributed by atoms with van der Waals surface area (Å²) in [5.74, 6) is 0.654. The fourth-order valence-electron chi connectivity index (χ4n) is 3.09. The van der Waals surface area contributed by atoms with Gasteiger partial charge in [-0.05, 0) is 32.1 Å². The normalized spacial score (nSPS) is 36.7. The molecule has 2 N–H and O–H groups in total. The number of nitrogens with two attached hydrogens (primary N) is 1. The topological polar surface area (TPSA) is 55.6 Å². The Morgan fingerprint density at radius 2 is 2.11 bits per heavy atom. The SMILES string of the molecule is CC1CC(C(=O)N2CCCOC(C)C2)(C(N)=S)C1. The van der Waals surface area contributed by atoms with E-state index in [9.17, 15) is 4.79 Å². The Morgan fingerprint density at radius 3 is 2.67 bits per heavy atom. The lowest BCUT2D eigenvalue weighted by atomic mass is 9.61. The van der Waals surface area contributed by atoms with Gasteiger partial charge in [-0.3, -0.25) is 4.79 Å². The summed E-state index contributed by atoms with van der Waals surface area (Å²) in [5.41, 5.74) is 5.26. The fraction of sp³-hybridized carbons (Fsp3) is 0.846. The Hall–Kier alpha value is -0.680. The zero-order valence-corrected chi connectivity index (χ0v) is 12.0. The molecule has 1 amide bonds. The molecule has 18 heavy (non-hydrogen) atoms. The quantitative estimate of drug-likeness (QED) is 0.769. The molecule has 2 fully saturated rings. The van der Waals surface area contributed by atoms with Gasteiger partial charge < -0.3 is 15.4 Å². The van der Waals surface area contributed by atoms with Crippen LogP contribution in [0.2, 0.25) is 0 Å². The predicted octanol–water partition coefficient (Wildman–Crippen LogP) is 1.33. The first kappa shape index (κ1) is 13.7. The molecule has 0 aromatic carbocycles. The Morgan fingerprint density at radius 1 is 1.44 bits per heavy atom. The van der Waals surface area contributed by atoms with Gasteiger partial charge in [-0.2, -0.15) is 0 Å². The monoisotopic (exact) mass is 270 g/mol. The van der Waals surface area contributed by atoms with E-state index in [0.29, 0.717) is 17.5 Å². The van der Waals surface area contributed by atoms with Crippen molar-refractivity contribution < 1.29 is 9.53 Å². The summed E-state index contributed by atoms with van der Waals surface area (Å²) in [6.07, 6.45) is 2.58. The molecule has 0 aromatic rings. The zero-order chi connectivity index (χ0) is 13.3. The van der Waals surface area contributed by atoms with Gasteiger partial charge in [0.05, 0.1) is 16.5 Å². The van der Waals surface area contributed by atoms with Crippen LogP contribution < -0.4 is 5.73 Å². The molecule has 2 rings (SSSR count). The van der Waals surface area contributed by atoms with E-state index in [1.165, 1.54) is 0 Å². The smallest absolute Gasteiger partial charge is 0.235 e. The number of thiocarbonyl (C=S) groups is 1. The van der Waals surface area contributed by atoms with Crippen molar-refractivity contribution in [1.29, 1.82) is 0 Å². The minimum atomic E-state index is -0.571. The van der Waals surface area contributed by atoms with Crippen molar-refractivity contribution in [3.63, 3.8) is 0 Å². The van der Waals surface area contributed by atoms with Crippen LogP contribution in [0, 0.1) is 11.3 Å². The van der Waals surface area contributed by atoms with Gasteiger partial charge in [-0.25, -0.2) is 0 Å². The molecule has 4 nitrogen and oxygen atoms in total. The van der Waals surface area contributed by atoms with Gasteiger partial charge >= 0.3 is 0 Å². The minimum Gasteiger partial charge on any atom is -0.392 e. The third kappa shape index (κ3) is 2.38. The highest BCUT2D eigenvalue weighted by atomic mass is 32.1. The van der Waals surface area contributed by atoms with Crippen LogP contribution in [-0.2, 0) is 9.53 Å². The largest absolute Gasteiger partial charge is 0.392 e. The molecule has 1 aliphatic heterocycles. The Balaban J connectivity index is 2.11. The molecule has 0 radical (unpaired) electrons. The lowest BCUT2D eigenvalue weighted by Crippen LogP contribution is -2.57. The van der Waals surface area contributed by atoms with Crippen LogP contribution in [0.25, 0.3) is 0 Å². The van der Waals surface area contributed by atoms with Crippen LogP contribution in [0.3, 0.4) is 0 Å². The Kier molecular flexibility index (Phi) is 3.92. The molecule has 1 saturated heterocycles. The first-order chi connectivity index (χ1) is 8.45. The highest BCUT2D eigenvalue weighted by molar-refractivity contribution is 7.80. The summed E-state index contributed by atoms with van der Waals surface area (Å²) in [6, 6.07) is 0. The van der Waals surface area contributed by atoms with Crippen LogP contribution in [0.15, 0.2) is 0 Å². The van der Waals surface area contributed by atoms with E-state index in [1.54, 1.807) is 0 Å². The maximum Gasteiger partial charge on any atom is 0.235 e. The summed E-state index contributed by atoms with van der Waals surface area (Å²) >= 11 is 5.14. The molecule has 1 unspecified atom stereocenters. The van der Waals surface area contributed by atoms with Gasteiger partial charge in [-0.1, -0.05) is 19.1 Å². The molecule has 2 aliphatic rings. The number of rotatable bonds is 2. The molecule has 0 bridgehead atoms. The molecule has 1 aliphatic carbocycles. The van der Waals surface area contributed by atoms with Crippen LogP contribution in [0.1, 0.15) is 33.1 Å². The average molecular weight is 270 g/mol. The maximum absolute atomic E-state index is 12.7. The minimum absolute atomic E-state index is 0.0948. The first-order valence-electron chi connectivity index (χ1n) is 6.66. The highest BCUT2D eigenvalue weighted by Crippen LogP contribution is 2.47. The van der Waals surface area contributed by atoms with E-state index in [2.05, 4.69) is 6.92 Å². The number of carbonyl (C=O) groups excluding carboxylic acids is 1. The van der Waals surface area contributed by atoms with Crippen LogP contribution in [-0.4, -0.2) is 41.6 Å². The zero-order valence-electron chi connectivity index (χ0n) is 11.1. The third-order valence-electron chi connectivity index (χ3n) is 4.01. The van der Waals surface area contributed by atoms with Gasteiger partial charge in [0, 0.05) is 19.7 Å². The second kappa shape index (κ2) is 5.13. The fourth-order valence-corrected chi connectivity index (χ4v) is 3.35. The number of nitrogens with zero attached hydrogens (tertiary/aromatic N) is 1. The summed E-state index contributed by atoms with van der Waals surface area (Å²) in [5, 5.41) is 0. The Bertz CT molecular complexity index is 353. The van der Waals surface area contributed by atoms with E-state index in [-0.39, 0.29) is 12.0 Å². The molecule has 102 valence electrons. The standard InChI is InChI=1S/C13H22N2O2S/c1-9-6-13(7-9,11(14)18)12(16)15-4-3-5-17-10(2)8-15/h9-10H,3-8H2,1-2H3,(H2,14,18). The second-order valence-electron chi connectivity index (χ2n) is 5.75. The van der Waals surface area contributed by atoms with Gasteiger partial charge in [0.1, 0.15) is 0 Å². The van der Waals surface area contributed by atoms with E-state index >= 15 is 0 Å². The third-order valence-corrected chi connectivity index (χ3v) is 4.41. The maximum atomic E-state index is 12.7. The van der Waals surface area contributed by atoms with Gasteiger partial charge in [0.15, 0.2) is 0 Å². The highest BCUT2D eigenvalue weighted by Gasteiger charge is 2.52. The van der Waals surface area contributed by atoms with E-state index in [4.69, 9.17) is 22.7 Å². The molecule has 0 aromatic heterocycles. The van der Waals surface area contributed by atoms with E-state index in [0.717, 1.165) is 32.4 Å². The first-order valence-corrected chi connectivity index (χ1v) is 7.07. The van der Waals surface area contributed by atoms with Crippen molar-refractivity contribution in [2.45, 2.75) is 39.2 Å². The number of amides is 1. The van der Waals surface area contributed by atoms with Crippen LogP contribution >= 0.6 is 12.2 Å². The number of hydrogen-bond donors (Lipinski definition) is 1. The molecule has 1 saturated carbocycles. The average Bonchev–Trinajstić information content (AvgIpc) is 2.48. The molecule has 1 atom stereocenters. The summed E-state index contributed by atoms with van der Waals surface area (Å²) in [4.78, 5) is 14.9. The van der Waals surface area contributed by atoms with Crippen LogP contribution in [0.4, 0.5) is 0 Å². The van der Waals surface area contributed by atoms with Crippen molar-refractivity contribution in [3.05, 3.63) is 0 Å². The van der Waals surface area contributed by atoms with Crippen molar-refractivity contribution in [1.82, 2.24) is 4.90 Å². The Labute approximate surface area is 114 Å². The van der Waals surface area contributed by atoms with Crippen LogP contribution in [0.5, 0.6) is 0 Å². The number of ether oxygens (including phenoxy) is 1. The summed E-state index contributed by atoms with van der Waals surface area (Å²) in [7, 11) is 0. The van der Waals surface area contributed by atoms with Gasteiger partial charge in [0.2, 0.25) is 5.91 Å². The molecule has 0 spiro atoms. The van der Waals surface area contributed by atoms with E-state index < -0.39 is 5.41 Å². The number of carbonyl (C=O) groups is 1. The molecule has 1 heterocycles. The lowest BCUT2D eigenvalue weighted by molar-refractivity contribution is -0.144. The lowest BCUT2D eigenvalue weighted by Gasteiger charge is -2.46. The number of hydrogen-bond acceptors (Lipinski definition) is 3. The summed E-state index contributed by atoms with van der Waals surface area (Å²) in [6.45, 7) is 6.27. The molecular formula is C13H22N2O2S. The van der Waals surface area contributed by atoms with Crippen molar-refractivity contribution in [2.75, 3.05) is 19.7 Å². The van der Waals surface area contributed by atoms with Crippen molar-refractivity contribution >= 4 is 23.1 Å². The van der Waals surface area contributed by atoms with Gasteiger partial charge in [-0.15, -0.1) is 0 Å². The summed E-state index contributed by atoms with van der Waals surface area (Å²) < 4.78 is 5.57. The molecule has 5 heteroatoms. The van der Waals surface area contributed by atoms with Gasteiger partial charge in [0.25, 0.3) is 0 Å². The second-order valence-corrected chi connectivity index (χ2v) is 6.19.